The predicted octanol–water partition coefficient (Wildman–Crippen LogP) is 1.05. The number of pyridine rings is 1. The van der Waals surface area contributed by atoms with Crippen LogP contribution in [0.3, 0.4) is 0 Å². The molecule has 1 aliphatic heterocycles. The van der Waals surface area contributed by atoms with E-state index in [1.807, 2.05) is 0 Å². The molecule has 0 unspecified atom stereocenters. The van der Waals surface area contributed by atoms with Gasteiger partial charge in [-0.05, 0) is 18.9 Å². The lowest BCUT2D eigenvalue weighted by Gasteiger charge is -2.36. The summed E-state index contributed by atoms with van der Waals surface area (Å²) in [5.41, 5.74) is -0.175. The first-order valence-corrected chi connectivity index (χ1v) is 6.92. The molecule has 98 valence electrons. The highest BCUT2D eigenvalue weighted by atomic mass is 79.9. The Morgan fingerprint density at radius 1 is 1.50 bits per heavy atom. The molecule has 1 fully saturated rings. The largest absolute Gasteiger partial charge is 0.381 e. The number of rotatable bonds is 3. The Labute approximate surface area is 113 Å². The van der Waals surface area contributed by atoms with Crippen molar-refractivity contribution in [3.63, 3.8) is 0 Å². The topological polar surface area (TPSA) is 71.2 Å². The molecule has 0 aliphatic carbocycles. The van der Waals surface area contributed by atoms with Gasteiger partial charge in [-0.15, -0.1) is 0 Å². The number of hydrogen-bond acceptors (Lipinski definition) is 3. The summed E-state index contributed by atoms with van der Waals surface area (Å²) in [5.74, 6) is -0.220. The second-order valence-electron chi connectivity index (χ2n) is 4.42. The number of nitrogens with one attached hydrogen (secondary N) is 2. The lowest BCUT2D eigenvalue weighted by molar-refractivity contribution is 0.0442. The van der Waals surface area contributed by atoms with Crippen molar-refractivity contribution in [2.75, 3.05) is 18.5 Å². The minimum absolute atomic E-state index is 0.220. The molecule has 0 saturated carbocycles. The predicted molar refractivity (Wildman–Crippen MR) is 71.1 cm³/mol. The Bertz CT molecular complexity index is 480. The minimum Gasteiger partial charge on any atom is -0.381 e. The number of carbonyl (C=O) groups excluding carboxylic acids is 1. The van der Waals surface area contributed by atoms with E-state index in [0.717, 1.165) is 12.8 Å². The second-order valence-corrected chi connectivity index (χ2v) is 4.98. The number of carbonyl (C=O) groups is 1. The SMILES string of the molecule is O=C(NC1(CBr)CCOCC1)c1cc[nH]c(=O)c1. The van der Waals surface area contributed by atoms with Gasteiger partial charge in [0.2, 0.25) is 5.56 Å². The van der Waals surface area contributed by atoms with Crippen LogP contribution in [-0.2, 0) is 4.74 Å². The summed E-state index contributed by atoms with van der Waals surface area (Å²) in [6.07, 6.45) is 3.02. The van der Waals surface area contributed by atoms with E-state index in [-0.39, 0.29) is 17.0 Å². The maximum atomic E-state index is 12.1. The van der Waals surface area contributed by atoms with Gasteiger partial charge in [0.1, 0.15) is 0 Å². The fourth-order valence-electron chi connectivity index (χ4n) is 1.95. The number of amides is 1. The van der Waals surface area contributed by atoms with E-state index < -0.39 is 0 Å². The van der Waals surface area contributed by atoms with Crippen LogP contribution < -0.4 is 10.9 Å². The molecule has 1 aliphatic rings. The van der Waals surface area contributed by atoms with Gasteiger partial charge >= 0.3 is 0 Å². The van der Waals surface area contributed by atoms with Gasteiger partial charge in [-0.1, -0.05) is 15.9 Å². The smallest absolute Gasteiger partial charge is 0.251 e. The lowest BCUT2D eigenvalue weighted by atomic mass is 9.92. The molecule has 1 saturated heterocycles. The van der Waals surface area contributed by atoms with Crippen LogP contribution in [0.25, 0.3) is 0 Å². The van der Waals surface area contributed by atoms with Crippen molar-refractivity contribution in [2.45, 2.75) is 18.4 Å². The third-order valence-electron chi connectivity index (χ3n) is 3.12. The minimum atomic E-state index is -0.280. The highest BCUT2D eigenvalue weighted by Gasteiger charge is 2.33. The Kier molecular flexibility index (Phi) is 4.19. The maximum absolute atomic E-state index is 12.1. The molecule has 1 amide bonds. The Hall–Kier alpha value is -1.14. The molecule has 0 atom stereocenters. The van der Waals surface area contributed by atoms with E-state index in [1.165, 1.54) is 12.3 Å². The fourth-order valence-corrected chi connectivity index (χ4v) is 2.65. The van der Waals surface area contributed by atoms with Crippen LogP contribution in [0.5, 0.6) is 0 Å². The summed E-state index contributed by atoms with van der Waals surface area (Å²) in [7, 11) is 0. The lowest BCUT2D eigenvalue weighted by Crippen LogP contribution is -2.53. The molecule has 0 aromatic carbocycles. The van der Waals surface area contributed by atoms with Crippen molar-refractivity contribution in [2.24, 2.45) is 0 Å². The Balaban J connectivity index is 2.12. The Morgan fingerprint density at radius 2 is 2.22 bits per heavy atom. The van der Waals surface area contributed by atoms with Gasteiger partial charge in [0.25, 0.3) is 5.91 Å². The summed E-state index contributed by atoms with van der Waals surface area (Å²) in [6, 6.07) is 2.90. The normalized spacial score (nSPS) is 18.3. The average molecular weight is 315 g/mol. The molecule has 0 radical (unpaired) electrons. The summed E-state index contributed by atoms with van der Waals surface area (Å²) in [5, 5.41) is 3.69. The summed E-state index contributed by atoms with van der Waals surface area (Å²) in [6.45, 7) is 1.28. The number of ether oxygens (including phenoxy) is 1. The van der Waals surface area contributed by atoms with E-state index in [2.05, 4.69) is 26.2 Å². The third kappa shape index (κ3) is 3.00. The fraction of sp³-hybridized carbons (Fsp3) is 0.500. The molecule has 1 aromatic rings. The van der Waals surface area contributed by atoms with Crippen molar-refractivity contribution in [1.29, 1.82) is 0 Å². The van der Waals surface area contributed by atoms with E-state index in [4.69, 9.17) is 4.74 Å². The highest BCUT2D eigenvalue weighted by Crippen LogP contribution is 2.23. The van der Waals surface area contributed by atoms with Crippen molar-refractivity contribution >= 4 is 21.8 Å². The van der Waals surface area contributed by atoms with Crippen molar-refractivity contribution in [3.05, 3.63) is 34.2 Å². The van der Waals surface area contributed by atoms with Gasteiger partial charge in [-0.25, -0.2) is 0 Å². The maximum Gasteiger partial charge on any atom is 0.251 e. The van der Waals surface area contributed by atoms with Crippen LogP contribution in [-0.4, -0.2) is 35.0 Å². The zero-order valence-electron chi connectivity index (χ0n) is 9.87. The van der Waals surface area contributed by atoms with E-state index in [1.54, 1.807) is 6.07 Å². The van der Waals surface area contributed by atoms with Gasteiger partial charge in [-0.3, -0.25) is 9.59 Å². The zero-order chi connectivity index (χ0) is 13.0. The monoisotopic (exact) mass is 314 g/mol. The highest BCUT2D eigenvalue weighted by molar-refractivity contribution is 9.09. The van der Waals surface area contributed by atoms with Crippen LogP contribution >= 0.6 is 15.9 Å². The van der Waals surface area contributed by atoms with E-state index in [0.29, 0.717) is 24.1 Å². The number of halogens is 1. The van der Waals surface area contributed by atoms with E-state index >= 15 is 0 Å². The van der Waals surface area contributed by atoms with Crippen molar-refractivity contribution in [3.8, 4) is 0 Å². The van der Waals surface area contributed by atoms with Crippen LogP contribution in [0.4, 0.5) is 0 Å². The zero-order valence-corrected chi connectivity index (χ0v) is 11.5. The molecule has 2 rings (SSSR count). The first-order valence-electron chi connectivity index (χ1n) is 5.80. The summed E-state index contributed by atoms with van der Waals surface area (Å²) >= 11 is 3.45. The van der Waals surface area contributed by atoms with Gasteiger partial charge in [-0.2, -0.15) is 0 Å². The van der Waals surface area contributed by atoms with Crippen LogP contribution in [0.2, 0.25) is 0 Å². The number of aromatic nitrogens is 1. The number of alkyl halides is 1. The molecule has 0 spiro atoms. The molecule has 6 heteroatoms. The van der Waals surface area contributed by atoms with E-state index in [9.17, 15) is 9.59 Å². The first kappa shape index (κ1) is 13.3. The molecular formula is C12H15BrN2O3. The number of H-pyrrole nitrogens is 1. The van der Waals surface area contributed by atoms with Crippen LogP contribution in [0, 0.1) is 0 Å². The standard InChI is InChI=1S/C12H15BrN2O3/c13-8-12(2-5-18-6-3-12)15-11(17)9-1-4-14-10(16)7-9/h1,4,7H,2-3,5-6,8H2,(H,14,16)(H,15,17). The molecule has 2 N–H and O–H groups in total. The number of aromatic amines is 1. The second kappa shape index (κ2) is 5.67. The van der Waals surface area contributed by atoms with Crippen LogP contribution in [0.1, 0.15) is 23.2 Å². The summed E-state index contributed by atoms with van der Waals surface area (Å²) < 4.78 is 5.31. The number of hydrogen-bond donors (Lipinski definition) is 2. The van der Waals surface area contributed by atoms with Gasteiger partial charge < -0.3 is 15.0 Å². The van der Waals surface area contributed by atoms with Crippen molar-refractivity contribution in [1.82, 2.24) is 10.3 Å². The third-order valence-corrected chi connectivity index (χ3v) is 4.20. The average Bonchev–Trinajstić information content (AvgIpc) is 2.40. The van der Waals surface area contributed by atoms with Gasteiger partial charge in [0.15, 0.2) is 0 Å². The quantitative estimate of drug-likeness (QED) is 0.819. The van der Waals surface area contributed by atoms with Crippen LogP contribution in [0.15, 0.2) is 23.1 Å². The molecule has 5 nitrogen and oxygen atoms in total. The summed E-state index contributed by atoms with van der Waals surface area (Å²) in [4.78, 5) is 25.8. The van der Waals surface area contributed by atoms with Gasteiger partial charge in [0, 0.05) is 36.4 Å². The molecule has 18 heavy (non-hydrogen) atoms. The first-order chi connectivity index (χ1) is 8.65. The molecular weight excluding hydrogens is 300 g/mol. The molecule has 0 bridgehead atoms. The molecule has 1 aromatic heterocycles. The van der Waals surface area contributed by atoms with Crippen molar-refractivity contribution < 1.29 is 9.53 Å². The Morgan fingerprint density at radius 3 is 2.83 bits per heavy atom. The molecule has 2 heterocycles. The van der Waals surface area contributed by atoms with Gasteiger partial charge in [0.05, 0.1) is 5.54 Å².